The Kier molecular flexibility index (Phi) is 148. The summed E-state index contributed by atoms with van der Waals surface area (Å²) in [6, 6.07) is 0. The minimum Gasteiger partial charge on any atom is -0.269 e. The van der Waals surface area contributed by atoms with Crippen molar-refractivity contribution >= 4 is 0 Å². The lowest BCUT2D eigenvalue weighted by atomic mass is 10.4. The standard InChI is InChI=1S/2C4H10.3FH/c2*1-3-4-2;;;/h2*3-4H2,1-2H3;3*1H. The Labute approximate surface area is 68.5 Å². The van der Waals surface area contributed by atoms with Gasteiger partial charge in [-0.05, 0) is 0 Å². The fraction of sp³-hybridized carbons (Fsp3) is 1.00. The van der Waals surface area contributed by atoms with E-state index in [-0.39, 0.29) is 14.1 Å². The lowest BCUT2D eigenvalue weighted by Crippen LogP contribution is -1.47. The zero-order valence-electron chi connectivity index (χ0n) is 8.05. The van der Waals surface area contributed by atoms with Gasteiger partial charge in [-0.15, -0.1) is 0 Å². The molecule has 0 saturated heterocycles. The van der Waals surface area contributed by atoms with Gasteiger partial charge in [0.25, 0.3) is 0 Å². The quantitative estimate of drug-likeness (QED) is 0.595. The SMILES string of the molecule is CCCC.CCCC.F.F.F. The average Bonchev–Trinajstić information content (AvgIpc) is 1.88. The zero-order valence-corrected chi connectivity index (χ0v) is 8.05. The monoisotopic (exact) mass is 176 g/mol. The van der Waals surface area contributed by atoms with Crippen molar-refractivity contribution in [3.05, 3.63) is 0 Å². The summed E-state index contributed by atoms with van der Waals surface area (Å²) in [4.78, 5) is 0. The Hall–Kier alpha value is -0.210. The average molecular weight is 176 g/mol. The van der Waals surface area contributed by atoms with E-state index in [1.54, 1.807) is 0 Å². The van der Waals surface area contributed by atoms with Gasteiger partial charge in [-0.25, -0.2) is 0 Å². The zero-order chi connectivity index (χ0) is 6.83. The third-order valence-corrected chi connectivity index (χ3v) is 1.000. The highest BCUT2D eigenvalue weighted by atomic mass is 19.0. The van der Waals surface area contributed by atoms with E-state index in [0.717, 1.165) is 0 Å². The predicted octanol–water partition coefficient (Wildman–Crippen LogP) is 4.07. The van der Waals surface area contributed by atoms with Crippen LogP contribution >= 0.6 is 0 Å². The maximum absolute atomic E-state index is 2.18. The van der Waals surface area contributed by atoms with Gasteiger partial charge in [0.05, 0.1) is 0 Å². The van der Waals surface area contributed by atoms with Gasteiger partial charge in [0.2, 0.25) is 0 Å². The topological polar surface area (TPSA) is 0 Å². The first-order valence-corrected chi connectivity index (χ1v) is 3.83. The van der Waals surface area contributed by atoms with E-state index >= 15 is 0 Å². The van der Waals surface area contributed by atoms with Crippen molar-refractivity contribution in [2.45, 2.75) is 53.4 Å². The highest BCUT2D eigenvalue weighted by molar-refractivity contribution is 4.13. The summed E-state index contributed by atoms with van der Waals surface area (Å²) < 4.78 is 0. The van der Waals surface area contributed by atoms with Gasteiger partial charge in [-0.2, -0.15) is 0 Å². The van der Waals surface area contributed by atoms with Crippen LogP contribution < -0.4 is 0 Å². The molecule has 0 aliphatic rings. The van der Waals surface area contributed by atoms with E-state index in [0.29, 0.717) is 0 Å². The largest absolute Gasteiger partial charge is 0.269 e. The summed E-state index contributed by atoms with van der Waals surface area (Å²) in [5.74, 6) is 0. The van der Waals surface area contributed by atoms with Crippen molar-refractivity contribution in [2.24, 2.45) is 0 Å². The molecule has 0 heterocycles. The molecule has 0 N–H and O–H groups in total. The number of rotatable bonds is 2. The number of hydrogen-bond acceptors (Lipinski definition) is 0. The van der Waals surface area contributed by atoms with Crippen LogP contribution in [0.3, 0.4) is 0 Å². The number of unbranched alkanes of at least 4 members (excludes halogenated alkanes) is 2. The fourth-order valence-electron chi connectivity index (χ4n) is 0. The van der Waals surface area contributed by atoms with E-state index in [4.69, 9.17) is 0 Å². The smallest absolute Gasteiger partial charge is 0.0564 e. The van der Waals surface area contributed by atoms with E-state index in [2.05, 4.69) is 27.7 Å². The molecular formula is C8H23F3. The molecule has 76 valence electrons. The van der Waals surface area contributed by atoms with Gasteiger partial charge >= 0.3 is 0 Å². The first-order chi connectivity index (χ1) is 3.83. The number of halogens is 3. The van der Waals surface area contributed by atoms with E-state index in [9.17, 15) is 0 Å². The molecule has 0 aliphatic heterocycles. The Morgan fingerprint density at radius 2 is 0.545 bits per heavy atom. The molecule has 0 fully saturated rings. The van der Waals surface area contributed by atoms with Crippen LogP contribution in [0.15, 0.2) is 0 Å². The summed E-state index contributed by atoms with van der Waals surface area (Å²) >= 11 is 0. The molecule has 0 atom stereocenters. The molecule has 0 rings (SSSR count). The van der Waals surface area contributed by atoms with Crippen molar-refractivity contribution in [3.8, 4) is 0 Å². The molecule has 11 heavy (non-hydrogen) atoms. The summed E-state index contributed by atoms with van der Waals surface area (Å²) in [7, 11) is 0. The molecule has 3 heteroatoms. The summed E-state index contributed by atoms with van der Waals surface area (Å²) in [5.41, 5.74) is 0. The lowest BCUT2D eigenvalue weighted by Gasteiger charge is -1.68. The number of hydrogen-bond donors (Lipinski definition) is 0. The molecule has 0 unspecified atom stereocenters. The van der Waals surface area contributed by atoms with Gasteiger partial charge in [0, 0.05) is 0 Å². The minimum atomic E-state index is 0. The third kappa shape index (κ3) is 185. The van der Waals surface area contributed by atoms with Crippen LogP contribution in [0.4, 0.5) is 14.1 Å². The third-order valence-electron chi connectivity index (χ3n) is 1.000. The van der Waals surface area contributed by atoms with Crippen molar-refractivity contribution < 1.29 is 14.1 Å². The van der Waals surface area contributed by atoms with Crippen LogP contribution in [-0.4, -0.2) is 0 Å². The fourth-order valence-corrected chi connectivity index (χ4v) is 0. The highest BCUT2D eigenvalue weighted by Crippen LogP contribution is 1.77. The summed E-state index contributed by atoms with van der Waals surface area (Å²) in [5, 5.41) is 0. The van der Waals surface area contributed by atoms with E-state index in [1.807, 2.05) is 0 Å². The second kappa shape index (κ2) is 52.7. The summed E-state index contributed by atoms with van der Waals surface area (Å²) in [6.07, 6.45) is 5.28. The molecule has 0 bridgehead atoms. The Balaban J connectivity index is -0.0000000171. The first-order valence-electron chi connectivity index (χ1n) is 3.83. The van der Waals surface area contributed by atoms with Gasteiger partial charge in [-0.3, -0.25) is 14.1 Å². The first kappa shape index (κ1) is 30.8. The van der Waals surface area contributed by atoms with Crippen LogP contribution in [0.5, 0.6) is 0 Å². The second-order valence-corrected chi connectivity index (χ2v) is 2.00. The van der Waals surface area contributed by atoms with Crippen LogP contribution in [0.25, 0.3) is 0 Å². The van der Waals surface area contributed by atoms with E-state index < -0.39 is 0 Å². The maximum atomic E-state index is 2.18. The summed E-state index contributed by atoms with van der Waals surface area (Å²) in [6.45, 7) is 8.72. The van der Waals surface area contributed by atoms with Crippen LogP contribution in [0, 0.1) is 0 Å². The Morgan fingerprint density at radius 1 is 0.455 bits per heavy atom. The highest BCUT2D eigenvalue weighted by Gasteiger charge is 1.56. The molecule has 0 aromatic carbocycles. The van der Waals surface area contributed by atoms with Crippen molar-refractivity contribution in [1.29, 1.82) is 0 Å². The predicted molar refractivity (Wildman–Crippen MR) is 48.7 cm³/mol. The Morgan fingerprint density at radius 3 is 0.545 bits per heavy atom. The minimum absolute atomic E-state index is 0. The normalized spacial score (nSPS) is 5.45. The van der Waals surface area contributed by atoms with Gasteiger partial charge in [0.15, 0.2) is 0 Å². The van der Waals surface area contributed by atoms with E-state index in [1.165, 1.54) is 25.7 Å². The molecule has 0 saturated carbocycles. The van der Waals surface area contributed by atoms with Crippen LogP contribution in [0.1, 0.15) is 53.4 Å². The molecule has 0 amide bonds. The lowest BCUT2D eigenvalue weighted by molar-refractivity contribution is 0.886. The molecule has 0 aromatic rings. The van der Waals surface area contributed by atoms with Crippen molar-refractivity contribution in [1.82, 2.24) is 0 Å². The second-order valence-electron chi connectivity index (χ2n) is 2.00. The van der Waals surface area contributed by atoms with Crippen molar-refractivity contribution in [3.63, 3.8) is 0 Å². The molecule has 0 spiro atoms. The molecule has 0 aromatic heterocycles. The van der Waals surface area contributed by atoms with Crippen molar-refractivity contribution in [2.75, 3.05) is 0 Å². The van der Waals surface area contributed by atoms with Gasteiger partial charge in [0.1, 0.15) is 0 Å². The molecule has 0 aliphatic carbocycles. The van der Waals surface area contributed by atoms with Crippen LogP contribution in [-0.2, 0) is 0 Å². The van der Waals surface area contributed by atoms with Crippen LogP contribution in [0.2, 0.25) is 0 Å². The van der Waals surface area contributed by atoms with Gasteiger partial charge < -0.3 is 0 Å². The molecular weight excluding hydrogens is 153 g/mol. The maximum Gasteiger partial charge on any atom is -0.0564 e. The molecule has 0 radical (unpaired) electrons. The Bertz CT molecular complexity index is 17.3. The van der Waals surface area contributed by atoms with Gasteiger partial charge in [-0.1, -0.05) is 53.4 Å². The molecule has 0 nitrogen and oxygen atoms in total.